The molecule has 136 valence electrons. The van der Waals surface area contributed by atoms with Crippen LogP contribution in [0.5, 0.6) is 0 Å². The second kappa shape index (κ2) is 8.45. The predicted octanol–water partition coefficient (Wildman–Crippen LogP) is 2.01. The molecule has 2 aliphatic rings. The zero-order chi connectivity index (χ0) is 17.6. The SMILES string of the molecule is CC(=O)NC(CC(=O)N1CCCCC1C1OCCO1)c1ccccc1. The number of benzene rings is 1. The molecule has 2 fully saturated rings. The fourth-order valence-electron chi connectivity index (χ4n) is 3.62. The Balaban J connectivity index is 1.71. The zero-order valence-corrected chi connectivity index (χ0v) is 14.6. The Morgan fingerprint density at radius 1 is 1.20 bits per heavy atom. The molecule has 0 aliphatic carbocycles. The summed E-state index contributed by atoms with van der Waals surface area (Å²) >= 11 is 0. The van der Waals surface area contributed by atoms with Gasteiger partial charge in [-0.15, -0.1) is 0 Å². The van der Waals surface area contributed by atoms with E-state index in [9.17, 15) is 9.59 Å². The van der Waals surface area contributed by atoms with Crippen LogP contribution < -0.4 is 5.32 Å². The lowest BCUT2D eigenvalue weighted by Crippen LogP contribution is -2.50. The first-order valence-electron chi connectivity index (χ1n) is 9.00. The van der Waals surface area contributed by atoms with Gasteiger partial charge in [0.1, 0.15) is 0 Å². The molecule has 0 saturated carbocycles. The van der Waals surface area contributed by atoms with Crippen molar-refractivity contribution in [1.29, 1.82) is 0 Å². The summed E-state index contributed by atoms with van der Waals surface area (Å²) in [6, 6.07) is 9.27. The summed E-state index contributed by atoms with van der Waals surface area (Å²) in [5.74, 6) is -0.106. The summed E-state index contributed by atoms with van der Waals surface area (Å²) in [7, 11) is 0. The molecule has 2 atom stereocenters. The average molecular weight is 346 g/mol. The third-order valence-electron chi connectivity index (χ3n) is 4.79. The minimum Gasteiger partial charge on any atom is -0.349 e. The van der Waals surface area contributed by atoms with E-state index in [0.717, 1.165) is 24.8 Å². The number of amides is 2. The summed E-state index contributed by atoms with van der Waals surface area (Å²) < 4.78 is 11.3. The van der Waals surface area contributed by atoms with Crippen LogP contribution in [0, 0.1) is 0 Å². The molecule has 6 nitrogen and oxygen atoms in total. The molecule has 25 heavy (non-hydrogen) atoms. The molecule has 0 spiro atoms. The van der Waals surface area contributed by atoms with Crippen molar-refractivity contribution in [2.24, 2.45) is 0 Å². The van der Waals surface area contributed by atoms with Crippen LogP contribution >= 0.6 is 0 Å². The number of likely N-dealkylation sites (tertiary alicyclic amines) is 1. The molecule has 2 aliphatic heterocycles. The number of hydrogen-bond donors (Lipinski definition) is 1. The third kappa shape index (κ3) is 4.58. The van der Waals surface area contributed by atoms with Gasteiger partial charge in [-0.05, 0) is 24.8 Å². The predicted molar refractivity (Wildman–Crippen MR) is 92.7 cm³/mol. The van der Waals surface area contributed by atoms with Gasteiger partial charge in [0.15, 0.2) is 6.29 Å². The zero-order valence-electron chi connectivity index (χ0n) is 14.6. The van der Waals surface area contributed by atoms with E-state index in [-0.39, 0.29) is 36.6 Å². The highest BCUT2D eigenvalue weighted by molar-refractivity contribution is 5.79. The smallest absolute Gasteiger partial charge is 0.225 e. The quantitative estimate of drug-likeness (QED) is 0.886. The van der Waals surface area contributed by atoms with Crippen LogP contribution in [0.15, 0.2) is 30.3 Å². The minimum absolute atomic E-state index is 0.0301. The molecular weight excluding hydrogens is 320 g/mol. The number of nitrogens with one attached hydrogen (secondary N) is 1. The fourth-order valence-corrected chi connectivity index (χ4v) is 3.62. The maximum atomic E-state index is 13.0. The van der Waals surface area contributed by atoms with Crippen LogP contribution in [0.3, 0.4) is 0 Å². The van der Waals surface area contributed by atoms with Crippen LogP contribution in [0.1, 0.15) is 44.2 Å². The van der Waals surface area contributed by atoms with E-state index < -0.39 is 0 Å². The lowest BCUT2D eigenvalue weighted by atomic mass is 9.98. The molecule has 0 radical (unpaired) electrons. The van der Waals surface area contributed by atoms with Gasteiger partial charge < -0.3 is 19.7 Å². The van der Waals surface area contributed by atoms with Crippen molar-refractivity contribution in [3.8, 4) is 0 Å². The van der Waals surface area contributed by atoms with E-state index in [1.165, 1.54) is 6.92 Å². The number of carbonyl (C=O) groups is 2. The average Bonchev–Trinajstić information content (AvgIpc) is 3.16. The minimum atomic E-state index is -0.320. The second-order valence-electron chi connectivity index (χ2n) is 6.63. The van der Waals surface area contributed by atoms with Crippen molar-refractivity contribution >= 4 is 11.8 Å². The van der Waals surface area contributed by atoms with Crippen LogP contribution in [0.4, 0.5) is 0 Å². The summed E-state index contributed by atoms with van der Waals surface area (Å²) in [6.45, 7) is 3.36. The first-order valence-corrected chi connectivity index (χ1v) is 9.00. The standard InChI is InChI=1S/C19H26N2O4/c1-14(22)20-16(15-7-3-2-4-8-15)13-18(23)21-10-6-5-9-17(21)19-24-11-12-25-19/h2-4,7-8,16-17,19H,5-6,9-13H2,1H3,(H,20,22). The molecule has 3 rings (SSSR count). The summed E-state index contributed by atoms with van der Waals surface area (Å²) in [6.07, 6.45) is 2.89. The molecule has 2 heterocycles. The van der Waals surface area contributed by atoms with Gasteiger partial charge in [-0.1, -0.05) is 30.3 Å². The Labute approximate surface area is 148 Å². The largest absolute Gasteiger partial charge is 0.349 e. The van der Waals surface area contributed by atoms with E-state index in [1.807, 2.05) is 35.2 Å². The molecule has 0 aromatic heterocycles. The number of nitrogens with zero attached hydrogens (tertiary/aromatic N) is 1. The Bertz CT molecular complexity index is 586. The molecule has 2 saturated heterocycles. The number of rotatable bonds is 5. The maximum Gasteiger partial charge on any atom is 0.225 e. The summed E-state index contributed by atoms with van der Waals surface area (Å²) in [5, 5.41) is 2.90. The molecule has 1 N–H and O–H groups in total. The number of ether oxygens (including phenoxy) is 2. The second-order valence-corrected chi connectivity index (χ2v) is 6.63. The Kier molecular flexibility index (Phi) is 6.04. The molecule has 1 aromatic carbocycles. The van der Waals surface area contributed by atoms with Gasteiger partial charge >= 0.3 is 0 Å². The number of piperidine rings is 1. The van der Waals surface area contributed by atoms with Crippen LogP contribution in [0.25, 0.3) is 0 Å². The van der Waals surface area contributed by atoms with Gasteiger partial charge in [0, 0.05) is 13.5 Å². The van der Waals surface area contributed by atoms with E-state index in [1.54, 1.807) is 0 Å². The van der Waals surface area contributed by atoms with E-state index in [0.29, 0.717) is 19.8 Å². The van der Waals surface area contributed by atoms with Crippen molar-refractivity contribution in [2.75, 3.05) is 19.8 Å². The van der Waals surface area contributed by atoms with Crippen LogP contribution in [-0.4, -0.2) is 48.8 Å². The number of carbonyl (C=O) groups excluding carboxylic acids is 2. The fraction of sp³-hybridized carbons (Fsp3) is 0.579. The third-order valence-corrected chi connectivity index (χ3v) is 4.79. The van der Waals surface area contributed by atoms with Crippen molar-refractivity contribution in [3.05, 3.63) is 35.9 Å². The lowest BCUT2D eigenvalue weighted by Gasteiger charge is -2.38. The molecule has 6 heteroatoms. The van der Waals surface area contributed by atoms with Gasteiger partial charge in [0.25, 0.3) is 0 Å². The Morgan fingerprint density at radius 3 is 2.60 bits per heavy atom. The molecule has 1 aromatic rings. The van der Waals surface area contributed by atoms with Crippen molar-refractivity contribution < 1.29 is 19.1 Å². The van der Waals surface area contributed by atoms with Crippen LogP contribution in [0.2, 0.25) is 0 Å². The van der Waals surface area contributed by atoms with E-state index in [2.05, 4.69) is 5.32 Å². The van der Waals surface area contributed by atoms with Gasteiger partial charge in [0.2, 0.25) is 11.8 Å². The maximum absolute atomic E-state index is 13.0. The summed E-state index contributed by atoms with van der Waals surface area (Å²) in [5.41, 5.74) is 0.938. The molecular formula is C19H26N2O4. The highest BCUT2D eigenvalue weighted by Crippen LogP contribution is 2.27. The molecule has 2 unspecified atom stereocenters. The normalized spacial score (nSPS) is 22.6. The molecule has 0 bridgehead atoms. The molecule has 2 amide bonds. The first kappa shape index (κ1) is 17.9. The lowest BCUT2D eigenvalue weighted by molar-refractivity contribution is -0.151. The van der Waals surface area contributed by atoms with E-state index >= 15 is 0 Å². The van der Waals surface area contributed by atoms with Crippen molar-refractivity contribution in [2.45, 2.75) is 51.0 Å². The van der Waals surface area contributed by atoms with Crippen molar-refractivity contribution in [3.63, 3.8) is 0 Å². The van der Waals surface area contributed by atoms with Crippen molar-refractivity contribution in [1.82, 2.24) is 10.2 Å². The Hall–Kier alpha value is -1.92. The summed E-state index contributed by atoms with van der Waals surface area (Å²) in [4.78, 5) is 26.5. The van der Waals surface area contributed by atoms with Gasteiger partial charge in [-0.25, -0.2) is 0 Å². The first-order chi connectivity index (χ1) is 12.1. The van der Waals surface area contributed by atoms with Gasteiger partial charge in [-0.2, -0.15) is 0 Å². The monoisotopic (exact) mass is 346 g/mol. The van der Waals surface area contributed by atoms with E-state index in [4.69, 9.17) is 9.47 Å². The van der Waals surface area contributed by atoms with Gasteiger partial charge in [-0.3, -0.25) is 9.59 Å². The highest BCUT2D eigenvalue weighted by Gasteiger charge is 2.36. The van der Waals surface area contributed by atoms with Crippen LogP contribution in [-0.2, 0) is 19.1 Å². The highest BCUT2D eigenvalue weighted by atomic mass is 16.7. The topological polar surface area (TPSA) is 67.9 Å². The van der Waals surface area contributed by atoms with Gasteiger partial charge in [0.05, 0.1) is 31.7 Å². The number of hydrogen-bond acceptors (Lipinski definition) is 4. The Morgan fingerprint density at radius 2 is 1.92 bits per heavy atom.